The lowest BCUT2D eigenvalue weighted by molar-refractivity contribution is -0.141. The zero-order chi connectivity index (χ0) is 50.9. The topological polar surface area (TPSA) is 191 Å². The molecule has 0 unspecified atom stereocenters. The van der Waals surface area contributed by atoms with Gasteiger partial charge >= 0.3 is 0 Å². The van der Waals surface area contributed by atoms with Gasteiger partial charge in [0.15, 0.2) is 5.82 Å². The fraction of sp³-hybridized carbons (Fsp3) is 0.481. The van der Waals surface area contributed by atoms with E-state index in [4.69, 9.17) is 21.3 Å². The zero-order valence-electron chi connectivity index (χ0n) is 41.7. The lowest BCUT2D eigenvalue weighted by atomic mass is 9.85. The second-order valence-electron chi connectivity index (χ2n) is 20.0. The Kier molecular flexibility index (Phi) is 16.0. The average Bonchev–Trinajstić information content (AvgIpc) is 4.10. The molecule has 4 N–H and O–H groups in total. The molecule has 0 aliphatic carbocycles. The Morgan fingerprint density at radius 2 is 1.66 bits per heavy atom. The Morgan fingerprint density at radius 1 is 0.972 bits per heavy atom. The standard InChI is InChI=1S/C52H65ClN10O6S2/c1-29-33(5)71-51-45(29)46(36-14-16-38(53)17-15-36)56-41(49-59-58-34(6)63(49)51)23-44(67)61-20-18-60(19-21-61)24-40(65)26-69-27-43(66)57-48(52(7,8)9)50(68)62-25-39(64)22-42(62)31(3)55-30(2)35-10-12-37(13-11-35)47-32(4)54-28-70-47/h10-17,28,30,39-42,48,55,64-65H,3,18-27H2,1-2,4-9H3,(H,57,66)/t30-,39+,40+,41-,42-,48+/m0/s1. The van der Waals surface area contributed by atoms with Gasteiger partial charge in [0.25, 0.3) is 0 Å². The van der Waals surface area contributed by atoms with Crippen molar-refractivity contribution in [1.29, 1.82) is 0 Å². The number of likely N-dealkylation sites (tertiary alicyclic amines) is 1. The van der Waals surface area contributed by atoms with Gasteiger partial charge in [-0.15, -0.1) is 32.9 Å². The molecule has 5 aromatic rings. The number of aliphatic imine (C=N–C) groups is 1. The Hall–Kier alpha value is -5.34. The largest absolute Gasteiger partial charge is 0.391 e. The number of piperazine rings is 1. The Labute approximate surface area is 428 Å². The van der Waals surface area contributed by atoms with Gasteiger partial charge in [0, 0.05) is 78.5 Å². The van der Waals surface area contributed by atoms with Crippen LogP contribution in [0.3, 0.4) is 0 Å². The lowest BCUT2D eigenvalue weighted by Gasteiger charge is -2.36. The molecule has 6 atom stereocenters. The first kappa shape index (κ1) is 52.0. The number of aryl methyl sites for hydroxylation is 3. The molecule has 8 rings (SSSR count). The Morgan fingerprint density at radius 3 is 2.32 bits per heavy atom. The number of thiophene rings is 1. The summed E-state index contributed by atoms with van der Waals surface area (Å²) < 4.78 is 7.74. The van der Waals surface area contributed by atoms with Crippen molar-refractivity contribution in [2.75, 3.05) is 52.5 Å². The normalized spacial score (nSPS) is 19.6. The van der Waals surface area contributed by atoms with Crippen LogP contribution in [-0.4, -0.2) is 145 Å². The minimum atomic E-state index is -0.923. The first-order valence-electron chi connectivity index (χ1n) is 24.1. The zero-order valence-corrected chi connectivity index (χ0v) is 44.1. The number of halogens is 1. The lowest BCUT2D eigenvalue weighted by Crippen LogP contribution is -2.57. The molecule has 2 saturated heterocycles. The molecule has 0 bridgehead atoms. The van der Waals surface area contributed by atoms with Crippen LogP contribution in [0.4, 0.5) is 0 Å². The summed E-state index contributed by atoms with van der Waals surface area (Å²) in [6.45, 7) is 22.0. The number of fused-ring (bicyclic) bond motifs is 3. The van der Waals surface area contributed by atoms with Gasteiger partial charge in [0.05, 0.1) is 53.1 Å². The quantitative estimate of drug-likeness (QED) is 0.0845. The van der Waals surface area contributed by atoms with Crippen LogP contribution in [0.5, 0.6) is 0 Å². The van der Waals surface area contributed by atoms with Crippen LogP contribution in [0, 0.1) is 33.1 Å². The number of benzene rings is 2. The first-order chi connectivity index (χ1) is 33.8. The van der Waals surface area contributed by atoms with E-state index in [9.17, 15) is 24.6 Å². The van der Waals surface area contributed by atoms with Gasteiger partial charge in [-0.1, -0.05) is 75.3 Å². The maximum Gasteiger partial charge on any atom is 0.246 e. The average molecular weight is 1030 g/mol. The predicted molar refractivity (Wildman–Crippen MR) is 278 cm³/mol. The maximum absolute atomic E-state index is 14.3. The van der Waals surface area contributed by atoms with Crippen LogP contribution in [-0.2, 0) is 19.1 Å². The van der Waals surface area contributed by atoms with E-state index in [1.165, 1.54) is 4.88 Å². The van der Waals surface area contributed by atoms with Crippen molar-refractivity contribution >= 4 is 57.7 Å². The fourth-order valence-electron chi connectivity index (χ4n) is 9.61. The van der Waals surface area contributed by atoms with E-state index in [2.05, 4.69) is 75.4 Å². The molecular formula is C52H65ClN10O6S2. The highest BCUT2D eigenvalue weighted by Gasteiger charge is 2.43. The van der Waals surface area contributed by atoms with E-state index in [-0.39, 0.29) is 44.0 Å². The van der Waals surface area contributed by atoms with Crippen LogP contribution in [0.1, 0.15) is 97.1 Å². The van der Waals surface area contributed by atoms with Gasteiger partial charge in [-0.25, -0.2) is 4.98 Å². The Bertz CT molecular complexity index is 2770. The summed E-state index contributed by atoms with van der Waals surface area (Å²) in [4.78, 5) is 59.1. The molecule has 0 spiro atoms. The molecule has 378 valence electrons. The van der Waals surface area contributed by atoms with Gasteiger partial charge < -0.3 is 35.4 Å². The van der Waals surface area contributed by atoms with E-state index >= 15 is 0 Å². The van der Waals surface area contributed by atoms with Gasteiger partial charge in [-0.05, 0) is 68.9 Å². The minimum Gasteiger partial charge on any atom is -0.391 e. The van der Waals surface area contributed by atoms with Crippen molar-refractivity contribution in [2.45, 2.75) is 105 Å². The van der Waals surface area contributed by atoms with Gasteiger partial charge in [0.2, 0.25) is 17.7 Å². The van der Waals surface area contributed by atoms with E-state index in [0.717, 1.165) is 54.9 Å². The maximum atomic E-state index is 14.3. The van der Waals surface area contributed by atoms with Gasteiger partial charge in [-0.3, -0.25) is 28.8 Å². The Balaban J connectivity index is 0.811. The monoisotopic (exact) mass is 1020 g/mol. The highest BCUT2D eigenvalue weighted by molar-refractivity contribution is 7.15. The molecule has 16 nitrogen and oxygen atoms in total. The van der Waals surface area contributed by atoms with Crippen molar-refractivity contribution in [3.05, 3.63) is 116 Å². The van der Waals surface area contributed by atoms with Crippen LogP contribution in [0.2, 0.25) is 5.02 Å². The molecule has 3 aliphatic rings. The highest BCUT2D eigenvalue weighted by Crippen LogP contribution is 2.40. The summed E-state index contributed by atoms with van der Waals surface area (Å²) in [5, 5.41) is 38.7. The van der Waals surface area contributed by atoms with Crippen molar-refractivity contribution in [1.82, 2.24) is 45.1 Å². The molecular weight excluding hydrogens is 960 g/mol. The van der Waals surface area contributed by atoms with Gasteiger partial charge in [-0.2, -0.15) is 0 Å². The van der Waals surface area contributed by atoms with E-state index in [1.807, 2.05) is 80.8 Å². The third-order valence-electron chi connectivity index (χ3n) is 13.7. The predicted octanol–water partition coefficient (Wildman–Crippen LogP) is 6.50. The molecule has 2 aromatic carbocycles. The highest BCUT2D eigenvalue weighted by atomic mass is 35.5. The summed E-state index contributed by atoms with van der Waals surface area (Å²) in [5.41, 5.74) is 8.72. The van der Waals surface area contributed by atoms with Crippen LogP contribution in [0.25, 0.3) is 15.4 Å². The molecule has 19 heteroatoms. The second-order valence-corrected chi connectivity index (χ2v) is 22.5. The third-order valence-corrected chi connectivity index (χ3v) is 16.1. The summed E-state index contributed by atoms with van der Waals surface area (Å²) in [5.74, 6) is 0.483. The smallest absolute Gasteiger partial charge is 0.246 e. The van der Waals surface area contributed by atoms with E-state index in [0.29, 0.717) is 55.7 Å². The van der Waals surface area contributed by atoms with Crippen LogP contribution < -0.4 is 10.6 Å². The molecule has 3 amide bonds. The number of nitrogens with zero attached hydrogens (tertiary/aromatic N) is 8. The summed E-state index contributed by atoms with van der Waals surface area (Å²) in [6.07, 6.45) is -1.22. The number of thiazole rings is 1. The number of hydrogen-bond donors (Lipinski definition) is 4. The van der Waals surface area contributed by atoms with Crippen molar-refractivity contribution in [3.63, 3.8) is 0 Å². The number of β-amino-alcohol motifs (C(OH)–C–C–N with tert-alkyl or cyclic N) is 2. The molecule has 0 radical (unpaired) electrons. The summed E-state index contributed by atoms with van der Waals surface area (Å²) in [6, 6.07) is 13.8. The number of amides is 3. The summed E-state index contributed by atoms with van der Waals surface area (Å²) in [7, 11) is 0. The molecule has 0 saturated carbocycles. The van der Waals surface area contributed by atoms with Crippen molar-refractivity contribution < 1.29 is 29.3 Å². The van der Waals surface area contributed by atoms with Crippen LogP contribution >= 0.6 is 34.3 Å². The van der Waals surface area contributed by atoms with E-state index in [1.54, 1.807) is 27.6 Å². The fourth-order valence-corrected chi connectivity index (χ4v) is 11.8. The molecule has 71 heavy (non-hydrogen) atoms. The minimum absolute atomic E-state index is 0.0472. The summed E-state index contributed by atoms with van der Waals surface area (Å²) >= 11 is 9.55. The SMILES string of the molecule is C=C(N[C@@H](C)c1ccc(-c2scnc2C)cc1)[C@@H]1C[C@@H](O)CN1C(=O)[C@@H](NC(=O)COC[C@H](O)CN1CCN(C(=O)C[C@@H]2N=C(c3ccc(Cl)cc3)c3c(sc(C)c3C)-n3c(C)nnc32)CC1)C(C)(C)C. The van der Waals surface area contributed by atoms with E-state index < -0.39 is 41.7 Å². The number of ether oxygens (including phenoxy) is 1. The number of nitrogens with one attached hydrogen (secondary N) is 2. The number of carbonyl (C=O) groups is 3. The number of carbonyl (C=O) groups excluding carboxylic acids is 3. The molecule has 3 aromatic heterocycles. The third kappa shape index (κ3) is 11.6. The number of hydrogen-bond acceptors (Lipinski definition) is 14. The number of aliphatic hydroxyl groups is 2. The number of aromatic nitrogens is 4. The second kappa shape index (κ2) is 21.8. The molecule has 3 aliphatic heterocycles. The number of aliphatic hydroxyl groups excluding tert-OH is 2. The van der Waals surface area contributed by atoms with Gasteiger partial charge in [0.1, 0.15) is 29.5 Å². The van der Waals surface area contributed by atoms with Crippen molar-refractivity contribution in [2.24, 2.45) is 10.4 Å². The first-order valence-corrected chi connectivity index (χ1v) is 26.2. The molecule has 6 heterocycles. The number of rotatable bonds is 16. The van der Waals surface area contributed by atoms with Crippen molar-refractivity contribution in [3.8, 4) is 15.4 Å². The molecule has 2 fully saturated rings. The van der Waals surface area contributed by atoms with Crippen LogP contribution in [0.15, 0.2) is 71.3 Å².